The lowest BCUT2D eigenvalue weighted by Gasteiger charge is -2.19. The van der Waals surface area contributed by atoms with E-state index < -0.39 is 0 Å². The van der Waals surface area contributed by atoms with Gasteiger partial charge in [0.15, 0.2) is 23.4 Å². The fraction of sp³-hybridized carbons (Fsp3) is 0.350. The first-order valence-corrected chi connectivity index (χ1v) is 8.58. The maximum atomic E-state index is 10.3. The van der Waals surface area contributed by atoms with Crippen LogP contribution in [0.15, 0.2) is 46.9 Å². The molecule has 2 saturated heterocycles. The van der Waals surface area contributed by atoms with Crippen LogP contribution in [0.1, 0.15) is 32.1 Å². The summed E-state index contributed by atoms with van der Waals surface area (Å²) in [6.07, 6.45) is 6.45. The highest BCUT2D eigenvalue weighted by molar-refractivity contribution is 5.92. The Bertz CT molecular complexity index is 968. The van der Waals surface area contributed by atoms with Crippen molar-refractivity contribution >= 4 is 21.9 Å². The predicted molar refractivity (Wildman–Crippen MR) is 91.3 cm³/mol. The third kappa shape index (κ3) is 1.86. The summed E-state index contributed by atoms with van der Waals surface area (Å²) >= 11 is 0. The predicted octanol–water partition coefficient (Wildman–Crippen LogP) is 3.78. The molecule has 3 heterocycles. The number of nitrogens with zero attached hydrogens (tertiary/aromatic N) is 1. The molecule has 0 radical (unpaired) electrons. The fourth-order valence-electron chi connectivity index (χ4n) is 4.59. The molecule has 3 nitrogen and oxygen atoms in total. The Morgan fingerprint density at radius 3 is 2.43 bits per heavy atom. The van der Waals surface area contributed by atoms with Gasteiger partial charge >= 0.3 is 0 Å². The van der Waals surface area contributed by atoms with E-state index in [0.29, 0.717) is 17.7 Å². The zero-order valence-electron chi connectivity index (χ0n) is 13.0. The van der Waals surface area contributed by atoms with E-state index in [-0.39, 0.29) is 5.75 Å². The molecule has 2 bridgehead atoms. The molecule has 3 aromatic rings. The molecule has 116 valence electrons. The summed E-state index contributed by atoms with van der Waals surface area (Å²) in [5.41, 5.74) is 1.45. The minimum atomic E-state index is 0.221. The lowest BCUT2D eigenvalue weighted by molar-refractivity contribution is 0.343. The van der Waals surface area contributed by atoms with E-state index in [0.717, 1.165) is 16.4 Å². The smallest absolute Gasteiger partial charge is 0.222 e. The molecule has 5 rings (SSSR count). The number of hydrogen-bond acceptors (Lipinski definition) is 2. The summed E-state index contributed by atoms with van der Waals surface area (Å²) in [6.45, 7) is 0. The number of piperidine rings is 1. The molecule has 1 aromatic heterocycles. The molecule has 2 aromatic carbocycles. The molecule has 0 spiro atoms. The van der Waals surface area contributed by atoms with Crippen LogP contribution in [0.3, 0.4) is 0 Å². The lowest BCUT2D eigenvalue weighted by atomic mass is 10.0. The Hall–Kier alpha value is -2.29. The zero-order valence-corrected chi connectivity index (χ0v) is 13.0. The normalized spacial score (nSPS) is 23.7. The van der Waals surface area contributed by atoms with Crippen LogP contribution in [0.5, 0.6) is 5.75 Å². The number of fused-ring (bicyclic) bond motifs is 4. The van der Waals surface area contributed by atoms with Crippen molar-refractivity contribution in [1.82, 2.24) is 4.58 Å². The van der Waals surface area contributed by atoms with Crippen molar-refractivity contribution in [2.75, 3.05) is 0 Å². The topological polar surface area (TPSA) is 36.4 Å². The van der Waals surface area contributed by atoms with Gasteiger partial charge in [0.05, 0.1) is 10.8 Å². The van der Waals surface area contributed by atoms with Gasteiger partial charge in [-0.05, 0) is 30.7 Å². The maximum absolute atomic E-state index is 10.3. The van der Waals surface area contributed by atoms with Crippen LogP contribution in [-0.4, -0.2) is 17.2 Å². The quantitative estimate of drug-likeness (QED) is 0.507. The van der Waals surface area contributed by atoms with Crippen molar-refractivity contribution in [1.29, 1.82) is 0 Å². The Kier molecular flexibility index (Phi) is 2.78. The van der Waals surface area contributed by atoms with Gasteiger partial charge in [0.1, 0.15) is 5.58 Å². The van der Waals surface area contributed by atoms with E-state index in [1.165, 1.54) is 37.5 Å². The van der Waals surface area contributed by atoms with Crippen molar-refractivity contribution in [3.8, 4) is 5.75 Å². The molecule has 1 N–H and O–H groups in total. The first-order valence-electron chi connectivity index (χ1n) is 8.58. The molecule has 2 unspecified atom stereocenters. The highest BCUT2D eigenvalue weighted by atomic mass is 16.3. The summed E-state index contributed by atoms with van der Waals surface area (Å²) in [5.74, 6) is 0.221. The van der Waals surface area contributed by atoms with Crippen LogP contribution in [0.2, 0.25) is 0 Å². The van der Waals surface area contributed by atoms with Crippen molar-refractivity contribution in [3.63, 3.8) is 0 Å². The van der Waals surface area contributed by atoms with Gasteiger partial charge in [-0.3, -0.25) is 0 Å². The molecule has 2 atom stereocenters. The number of benzene rings is 2. The van der Waals surface area contributed by atoms with Gasteiger partial charge in [-0.2, -0.15) is 0 Å². The van der Waals surface area contributed by atoms with Crippen molar-refractivity contribution in [2.45, 2.75) is 44.2 Å². The Labute approximate surface area is 134 Å². The average molecular weight is 306 g/mol. The molecule has 23 heavy (non-hydrogen) atoms. The van der Waals surface area contributed by atoms with Crippen LogP contribution in [-0.2, 0) is 0 Å². The zero-order chi connectivity index (χ0) is 15.4. The second-order valence-electron chi connectivity index (χ2n) is 6.82. The molecule has 3 heteroatoms. The highest BCUT2D eigenvalue weighted by Gasteiger charge is 2.41. The summed E-state index contributed by atoms with van der Waals surface area (Å²) < 4.78 is 8.65. The molecular weight excluding hydrogens is 286 g/mol. The summed E-state index contributed by atoms with van der Waals surface area (Å²) in [5, 5.41) is 13.7. The van der Waals surface area contributed by atoms with Crippen LogP contribution < -0.4 is 9.93 Å². The molecule has 2 aliphatic rings. The second kappa shape index (κ2) is 4.85. The van der Waals surface area contributed by atoms with Crippen LogP contribution >= 0.6 is 0 Å². The monoisotopic (exact) mass is 306 g/mol. The van der Waals surface area contributed by atoms with Gasteiger partial charge < -0.3 is 9.52 Å². The lowest BCUT2D eigenvalue weighted by Crippen LogP contribution is -2.43. The third-order valence-electron chi connectivity index (χ3n) is 5.56. The number of hydrogen-bond donors (Lipinski definition) is 1. The van der Waals surface area contributed by atoms with Crippen molar-refractivity contribution < 1.29 is 9.52 Å². The van der Waals surface area contributed by atoms with E-state index in [2.05, 4.69) is 22.8 Å². The second-order valence-corrected chi connectivity index (χ2v) is 6.82. The minimum absolute atomic E-state index is 0.221. The number of phenolic OH excluding ortho intramolecular Hbond substituents is 1. The van der Waals surface area contributed by atoms with Gasteiger partial charge in [0, 0.05) is 25.7 Å². The standard InChI is InChI=1S/C20H19NO2/c22-17-9-4-8-16-19(21-13-5-3-6-14(21)12-11-13)15-7-1-2-10-18(15)23-20(16)17/h1-2,4,7-10,13-14H,3,5-6,11-12H2/p+1. The molecule has 0 aliphatic carbocycles. The molecule has 2 aliphatic heterocycles. The highest BCUT2D eigenvalue weighted by Crippen LogP contribution is 2.32. The van der Waals surface area contributed by atoms with E-state index in [4.69, 9.17) is 4.42 Å². The Morgan fingerprint density at radius 1 is 0.870 bits per heavy atom. The number of aromatic hydroxyl groups is 1. The van der Waals surface area contributed by atoms with Crippen molar-refractivity contribution in [3.05, 3.63) is 47.8 Å². The van der Waals surface area contributed by atoms with E-state index in [1.807, 2.05) is 18.2 Å². The van der Waals surface area contributed by atoms with Crippen LogP contribution in [0.25, 0.3) is 21.9 Å². The van der Waals surface area contributed by atoms with Crippen LogP contribution in [0.4, 0.5) is 0 Å². The Morgan fingerprint density at radius 2 is 1.61 bits per heavy atom. The molecule has 0 amide bonds. The third-order valence-corrected chi connectivity index (χ3v) is 5.56. The van der Waals surface area contributed by atoms with E-state index >= 15 is 0 Å². The number of para-hydroxylation sites is 2. The van der Waals surface area contributed by atoms with Gasteiger partial charge in [0.2, 0.25) is 5.36 Å². The molecular formula is C20H20NO2+. The fourth-order valence-corrected chi connectivity index (χ4v) is 4.59. The van der Waals surface area contributed by atoms with Crippen molar-refractivity contribution in [2.24, 2.45) is 0 Å². The minimum Gasteiger partial charge on any atom is -0.504 e. The van der Waals surface area contributed by atoms with E-state index in [1.54, 1.807) is 6.07 Å². The van der Waals surface area contributed by atoms with E-state index in [9.17, 15) is 5.11 Å². The van der Waals surface area contributed by atoms with Gasteiger partial charge in [-0.25, -0.2) is 4.58 Å². The molecule has 0 saturated carbocycles. The van der Waals surface area contributed by atoms with Gasteiger partial charge in [0.25, 0.3) is 0 Å². The SMILES string of the molecule is Oc1cccc2c(=[N+]3C4CCCC3CC4)c3ccccc3oc12. The molecule has 2 fully saturated rings. The summed E-state index contributed by atoms with van der Waals surface area (Å²) in [6, 6.07) is 15.2. The maximum Gasteiger partial charge on any atom is 0.222 e. The first kappa shape index (κ1) is 13.2. The average Bonchev–Trinajstić information content (AvgIpc) is 2.81. The summed E-state index contributed by atoms with van der Waals surface area (Å²) in [4.78, 5) is 0. The number of rotatable bonds is 0. The summed E-state index contributed by atoms with van der Waals surface area (Å²) in [7, 11) is 0. The van der Waals surface area contributed by atoms with Gasteiger partial charge in [-0.1, -0.05) is 18.2 Å². The van der Waals surface area contributed by atoms with Crippen LogP contribution in [0, 0.1) is 0 Å². The Balaban J connectivity index is 2.05. The van der Waals surface area contributed by atoms with Gasteiger partial charge in [-0.15, -0.1) is 0 Å². The first-order chi connectivity index (χ1) is 11.3. The number of phenols is 1. The largest absolute Gasteiger partial charge is 0.504 e.